The molecule has 1 unspecified atom stereocenters. The first-order valence-corrected chi connectivity index (χ1v) is 7.49. The van der Waals surface area contributed by atoms with Crippen LogP contribution in [0, 0.1) is 0 Å². The first-order chi connectivity index (χ1) is 9.36. The van der Waals surface area contributed by atoms with Crippen molar-refractivity contribution in [2.24, 2.45) is 0 Å². The summed E-state index contributed by atoms with van der Waals surface area (Å²) < 4.78 is 1.40. The molecule has 1 aromatic carbocycles. The molecule has 1 aromatic heterocycles. The highest BCUT2D eigenvalue weighted by Gasteiger charge is 2.32. The lowest BCUT2D eigenvalue weighted by atomic mass is 9.94. The Bertz CT molecular complexity index is 613. The van der Waals surface area contributed by atoms with E-state index in [2.05, 4.69) is 38.3 Å². The number of rotatable bonds is 2. The van der Waals surface area contributed by atoms with Crippen molar-refractivity contribution in [3.63, 3.8) is 0 Å². The van der Waals surface area contributed by atoms with Crippen LogP contribution in [0.2, 0.25) is 0 Å². The van der Waals surface area contributed by atoms with Gasteiger partial charge in [0.2, 0.25) is 0 Å². The summed E-state index contributed by atoms with van der Waals surface area (Å²) in [6, 6.07) is 7.10. The number of anilines is 1. The number of thiophene rings is 1. The van der Waals surface area contributed by atoms with Crippen molar-refractivity contribution in [1.29, 1.82) is 0 Å². The van der Waals surface area contributed by atoms with Crippen LogP contribution in [0.25, 0.3) is 10.1 Å². The van der Waals surface area contributed by atoms with Crippen molar-refractivity contribution in [2.75, 3.05) is 31.3 Å². The van der Waals surface area contributed by atoms with Gasteiger partial charge in [0.1, 0.15) is 6.73 Å². The van der Waals surface area contributed by atoms with Gasteiger partial charge < -0.3 is 4.90 Å². The van der Waals surface area contributed by atoms with Gasteiger partial charge in [-0.15, -0.1) is 11.3 Å². The molecular formula is C14H16N2O2S. The molecule has 100 valence electrons. The number of benzene rings is 1. The highest BCUT2D eigenvalue weighted by Crippen LogP contribution is 2.40. The molecular weight excluding hydrogens is 260 g/mol. The van der Waals surface area contributed by atoms with E-state index in [1.165, 1.54) is 21.3 Å². The molecule has 1 atom stereocenters. The third-order valence-corrected chi connectivity index (χ3v) is 5.22. The van der Waals surface area contributed by atoms with E-state index in [1.807, 2.05) is 11.3 Å². The molecule has 5 heteroatoms. The summed E-state index contributed by atoms with van der Waals surface area (Å²) in [7, 11) is 0. The third-order valence-electron chi connectivity index (χ3n) is 4.23. The van der Waals surface area contributed by atoms with Gasteiger partial charge >= 0.3 is 0 Å². The number of nitrogens with zero attached hydrogens (tertiary/aromatic N) is 2. The van der Waals surface area contributed by atoms with Gasteiger partial charge in [0.25, 0.3) is 0 Å². The number of fused-ring (bicyclic) bond motifs is 2. The Hall–Kier alpha value is -1.14. The molecule has 0 radical (unpaired) electrons. The van der Waals surface area contributed by atoms with Gasteiger partial charge in [-0.2, -0.15) is 0 Å². The molecule has 1 saturated heterocycles. The minimum absolute atomic E-state index is 0.311. The van der Waals surface area contributed by atoms with Crippen molar-refractivity contribution in [1.82, 2.24) is 4.90 Å². The second kappa shape index (κ2) is 4.45. The first-order valence-electron chi connectivity index (χ1n) is 6.61. The van der Waals surface area contributed by atoms with Gasteiger partial charge in [-0.1, -0.05) is 6.07 Å². The third kappa shape index (κ3) is 1.77. The average molecular weight is 276 g/mol. The van der Waals surface area contributed by atoms with Crippen LogP contribution in [-0.4, -0.2) is 42.6 Å². The van der Waals surface area contributed by atoms with Crippen LogP contribution in [0.4, 0.5) is 5.69 Å². The van der Waals surface area contributed by atoms with E-state index in [4.69, 9.17) is 5.26 Å². The molecule has 2 aromatic rings. The van der Waals surface area contributed by atoms with Gasteiger partial charge in [0, 0.05) is 41.4 Å². The summed E-state index contributed by atoms with van der Waals surface area (Å²) in [5.74, 6) is 0. The van der Waals surface area contributed by atoms with E-state index < -0.39 is 0 Å². The second-order valence-corrected chi connectivity index (χ2v) is 6.21. The molecule has 0 bridgehead atoms. The number of hydrogen-bond acceptors (Lipinski definition) is 5. The summed E-state index contributed by atoms with van der Waals surface area (Å²) in [5.41, 5.74) is 2.86. The maximum absolute atomic E-state index is 8.61. The minimum atomic E-state index is 0.311. The highest BCUT2D eigenvalue weighted by molar-refractivity contribution is 7.17. The monoisotopic (exact) mass is 276 g/mol. The van der Waals surface area contributed by atoms with Gasteiger partial charge in [-0.3, -0.25) is 10.2 Å². The molecule has 4 rings (SSSR count). The van der Waals surface area contributed by atoms with Crippen LogP contribution in [0.1, 0.15) is 5.56 Å². The average Bonchev–Trinajstić information content (AvgIpc) is 2.84. The summed E-state index contributed by atoms with van der Waals surface area (Å²) in [5, 5.41) is 12.4. The smallest absolute Gasteiger partial charge is 0.135 e. The van der Waals surface area contributed by atoms with Gasteiger partial charge in [-0.05, 0) is 29.5 Å². The van der Waals surface area contributed by atoms with E-state index in [9.17, 15) is 0 Å². The molecule has 0 saturated carbocycles. The van der Waals surface area contributed by atoms with Crippen LogP contribution < -0.4 is 4.90 Å². The minimum Gasteiger partial charge on any atom is -0.365 e. The molecule has 2 aliphatic rings. The molecule has 3 heterocycles. The zero-order valence-corrected chi connectivity index (χ0v) is 11.4. The molecule has 0 aliphatic carbocycles. The largest absolute Gasteiger partial charge is 0.365 e. The lowest BCUT2D eigenvalue weighted by molar-refractivity contribution is -0.270. The summed E-state index contributed by atoms with van der Waals surface area (Å²) in [4.78, 5) is 8.97. The van der Waals surface area contributed by atoms with Crippen LogP contribution in [0.5, 0.6) is 0 Å². The van der Waals surface area contributed by atoms with E-state index in [-0.39, 0.29) is 0 Å². The van der Waals surface area contributed by atoms with Gasteiger partial charge in [0.05, 0.1) is 0 Å². The van der Waals surface area contributed by atoms with Gasteiger partial charge in [-0.25, -0.2) is 4.89 Å². The fraction of sp³-hybridized carbons (Fsp3) is 0.429. The highest BCUT2D eigenvalue weighted by atomic mass is 32.1. The quantitative estimate of drug-likeness (QED) is 0.675. The SMILES string of the molecule is OOCN1CCN2c3cccc4scc(c34)CC2C1. The van der Waals surface area contributed by atoms with Crippen molar-refractivity contribution in [3.8, 4) is 0 Å². The Morgan fingerprint density at radius 3 is 3.21 bits per heavy atom. The fourth-order valence-electron chi connectivity index (χ4n) is 3.39. The van der Waals surface area contributed by atoms with E-state index >= 15 is 0 Å². The maximum atomic E-state index is 8.61. The van der Waals surface area contributed by atoms with Crippen LogP contribution in [0.3, 0.4) is 0 Å². The van der Waals surface area contributed by atoms with E-state index in [1.54, 1.807) is 0 Å². The Balaban J connectivity index is 1.72. The summed E-state index contributed by atoms with van der Waals surface area (Å²) in [6.45, 7) is 3.20. The molecule has 1 N–H and O–H groups in total. The Kier molecular flexibility index (Phi) is 2.73. The summed E-state index contributed by atoms with van der Waals surface area (Å²) in [6.07, 6.45) is 1.10. The molecule has 19 heavy (non-hydrogen) atoms. The van der Waals surface area contributed by atoms with Crippen LogP contribution in [0.15, 0.2) is 23.6 Å². The maximum Gasteiger partial charge on any atom is 0.135 e. The molecule has 1 fully saturated rings. The van der Waals surface area contributed by atoms with E-state index in [0.29, 0.717) is 12.8 Å². The Morgan fingerprint density at radius 1 is 1.37 bits per heavy atom. The van der Waals surface area contributed by atoms with Crippen LogP contribution >= 0.6 is 11.3 Å². The lowest BCUT2D eigenvalue weighted by Crippen LogP contribution is -2.55. The molecule has 2 aliphatic heterocycles. The summed E-state index contributed by atoms with van der Waals surface area (Å²) >= 11 is 1.84. The fourth-order valence-corrected chi connectivity index (χ4v) is 4.38. The topological polar surface area (TPSA) is 35.9 Å². The Labute approximate surface area is 115 Å². The lowest BCUT2D eigenvalue weighted by Gasteiger charge is -2.44. The Morgan fingerprint density at radius 2 is 2.32 bits per heavy atom. The molecule has 4 nitrogen and oxygen atoms in total. The first kappa shape index (κ1) is 11.7. The predicted molar refractivity (Wildman–Crippen MR) is 76.8 cm³/mol. The van der Waals surface area contributed by atoms with Crippen LogP contribution in [-0.2, 0) is 11.3 Å². The normalized spacial score (nSPS) is 22.8. The van der Waals surface area contributed by atoms with Crippen molar-refractivity contribution in [2.45, 2.75) is 12.5 Å². The predicted octanol–water partition coefficient (Wildman–Crippen LogP) is 2.40. The second-order valence-electron chi connectivity index (χ2n) is 5.30. The number of hydrogen-bond donors (Lipinski definition) is 1. The van der Waals surface area contributed by atoms with E-state index in [0.717, 1.165) is 26.1 Å². The number of piperazine rings is 1. The van der Waals surface area contributed by atoms with Gasteiger partial charge in [0.15, 0.2) is 0 Å². The molecule has 0 amide bonds. The van der Waals surface area contributed by atoms with Crippen molar-refractivity contribution < 1.29 is 10.1 Å². The molecule has 0 spiro atoms. The van der Waals surface area contributed by atoms with Crippen molar-refractivity contribution >= 4 is 27.1 Å². The zero-order valence-electron chi connectivity index (χ0n) is 10.6. The zero-order chi connectivity index (χ0) is 12.8. The van der Waals surface area contributed by atoms with Crippen molar-refractivity contribution in [3.05, 3.63) is 29.1 Å². The standard InChI is InChI=1S/C14H16N2O2S/c17-18-9-15-4-5-16-11(7-15)6-10-8-19-13-3-1-2-12(16)14(10)13/h1-3,8,11,17H,4-7,9H2.